The van der Waals surface area contributed by atoms with Gasteiger partial charge in [-0.15, -0.1) is 0 Å². The molecule has 0 radical (unpaired) electrons. The molecule has 0 saturated heterocycles. The molecule has 0 N–H and O–H groups in total. The first-order chi connectivity index (χ1) is 28.7. The second kappa shape index (κ2) is 10.6. The van der Waals surface area contributed by atoms with Crippen LogP contribution in [-0.4, -0.2) is 0 Å². The van der Waals surface area contributed by atoms with E-state index in [0.29, 0.717) is 49.8 Å². The van der Waals surface area contributed by atoms with Gasteiger partial charge in [-0.3, -0.25) is 0 Å². The van der Waals surface area contributed by atoms with Crippen LogP contribution in [-0.2, 0) is 5.41 Å². The van der Waals surface area contributed by atoms with Crippen LogP contribution in [0.1, 0.15) is 37.3 Å². The standard InChI is InChI=1S/C50H34O2/c1-50(2,3)32-22-24-34-30(28-32)20-19-29-27-31(21-23-33(29)34)45-36-12-4-6-14-38(36)46(39-15-7-5-13-37(39)45)41-16-10-18-44-47(41)42-26-25-40-35-11-8-9-17-43(35)51-48(40)49(42)52-44/h4-28H,1-3H3/i4D,5D,6D,7D,12D,13D,14D,15D. The highest BCUT2D eigenvalue weighted by Crippen LogP contribution is 2.48. The Morgan fingerprint density at radius 3 is 1.77 bits per heavy atom. The molecule has 0 aliphatic heterocycles. The third-order valence-electron chi connectivity index (χ3n) is 10.6. The second-order valence-electron chi connectivity index (χ2n) is 14.6. The van der Waals surface area contributed by atoms with E-state index < -0.39 is 24.2 Å². The van der Waals surface area contributed by atoms with Gasteiger partial charge in [0.15, 0.2) is 11.2 Å². The van der Waals surface area contributed by atoms with Gasteiger partial charge in [-0.1, -0.05) is 142 Å². The minimum Gasteiger partial charge on any atom is -0.452 e. The van der Waals surface area contributed by atoms with Gasteiger partial charge in [0, 0.05) is 21.5 Å². The summed E-state index contributed by atoms with van der Waals surface area (Å²) in [5.41, 5.74) is 5.07. The molecule has 246 valence electrons. The molecule has 0 aliphatic rings. The van der Waals surface area contributed by atoms with Gasteiger partial charge in [-0.05, 0) is 107 Å². The molecule has 2 aromatic heterocycles. The van der Waals surface area contributed by atoms with Gasteiger partial charge >= 0.3 is 0 Å². The molecule has 0 spiro atoms. The third-order valence-corrected chi connectivity index (χ3v) is 10.6. The maximum Gasteiger partial charge on any atom is 0.178 e. The van der Waals surface area contributed by atoms with E-state index in [1.165, 1.54) is 5.56 Å². The van der Waals surface area contributed by atoms with Gasteiger partial charge in [-0.2, -0.15) is 0 Å². The number of furan rings is 2. The molecule has 0 bridgehead atoms. The summed E-state index contributed by atoms with van der Waals surface area (Å²) < 4.78 is 86.8. The molecule has 11 aromatic rings. The Kier molecular flexibility index (Phi) is 4.56. The molecule has 2 heterocycles. The Morgan fingerprint density at radius 2 is 1.04 bits per heavy atom. The van der Waals surface area contributed by atoms with Crippen molar-refractivity contribution >= 4 is 87.0 Å². The molecule has 0 fully saturated rings. The first-order valence-electron chi connectivity index (χ1n) is 21.4. The van der Waals surface area contributed by atoms with Crippen LogP contribution in [0, 0.1) is 0 Å². The Bertz CT molecular complexity index is 3660. The predicted molar refractivity (Wildman–Crippen MR) is 221 cm³/mol. The Hall–Kier alpha value is -6.38. The number of hydrogen-bond donors (Lipinski definition) is 0. The lowest BCUT2D eigenvalue weighted by Crippen LogP contribution is -2.10. The topological polar surface area (TPSA) is 26.3 Å². The minimum atomic E-state index is -0.451. The SMILES string of the molecule is [2H]c1c([2H])c([2H])c2c(-c3cccc4oc5c(ccc6c7ccccc7oc65)c34)c3c([2H])c([2H])c([2H])c([2H])c3c(-c3ccc4c(ccc5cc(C(C)(C)C)ccc54)c3)c2c1[2H]. The van der Waals surface area contributed by atoms with E-state index >= 15 is 0 Å². The van der Waals surface area contributed by atoms with Crippen LogP contribution in [0.15, 0.2) is 160 Å². The van der Waals surface area contributed by atoms with Crippen molar-refractivity contribution in [1.82, 2.24) is 0 Å². The Labute approximate surface area is 311 Å². The van der Waals surface area contributed by atoms with E-state index in [1.807, 2.05) is 72.8 Å². The molecule has 2 heteroatoms. The van der Waals surface area contributed by atoms with Crippen molar-refractivity contribution in [3.63, 3.8) is 0 Å². The van der Waals surface area contributed by atoms with Crippen molar-refractivity contribution in [3.8, 4) is 22.3 Å². The summed E-state index contributed by atoms with van der Waals surface area (Å²) in [6.45, 7) is 6.55. The van der Waals surface area contributed by atoms with Crippen LogP contribution >= 0.6 is 0 Å². The van der Waals surface area contributed by atoms with Crippen molar-refractivity contribution in [1.29, 1.82) is 0 Å². The quantitative estimate of drug-likeness (QED) is 0.135. The monoisotopic (exact) mass is 674 g/mol. The Morgan fingerprint density at radius 1 is 0.462 bits per heavy atom. The van der Waals surface area contributed by atoms with Crippen molar-refractivity contribution in [2.45, 2.75) is 26.2 Å². The normalized spacial score (nSPS) is 14.7. The number of fused-ring (bicyclic) bond motifs is 12. The lowest BCUT2D eigenvalue weighted by Gasteiger charge is -2.20. The van der Waals surface area contributed by atoms with Crippen molar-refractivity contribution in [2.75, 3.05) is 0 Å². The van der Waals surface area contributed by atoms with E-state index in [-0.39, 0.29) is 56.7 Å². The molecule has 0 unspecified atom stereocenters. The molecule has 9 aromatic carbocycles. The predicted octanol–water partition coefficient (Wildman–Crippen LogP) is 14.7. The molecular formula is C50H34O2. The van der Waals surface area contributed by atoms with E-state index in [4.69, 9.17) is 14.3 Å². The highest BCUT2D eigenvalue weighted by atomic mass is 16.4. The van der Waals surface area contributed by atoms with Gasteiger partial charge in [0.2, 0.25) is 0 Å². The summed E-state index contributed by atoms with van der Waals surface area (Å²) in [7, 11) is 0. The lowest BCUT2D eigenvalue weighted by atomic mass is 9.84. The maximum atomic E-state index is 9.54. The van der Waals surface area contributed by atoms with E-state index in [1.54, 1.807) is 6.07 Å². The van der Waals surface area contributed by atoms with E-state index in [0.717, 1.165) is 32.3 Å². The summed E-state index contributed by atoms with van der Waals surface area (Å²) in [5.74, 6) is 0. The van der Waals surface area contributed by atoms with Gasteiger partial charge < -0.3 is 8.83 Å². The molecule has 11 rings (SSSR count). The molecule has 0 aliphatic carbocycles. The highest BCUT2D eigenvalue weighted by molar-refractivity contribution is 6.28. The van der Waals surface area contributed by atoms with Crippen LogP contribution < -0.4 is 0 Å². The first kappa shape index (κ1) is 22.4. The third kappa shape index (κ3) is 4.12. The highest BCUT2D eigenvalue weighted by Gasteiger charge is 2.22. The zero-order valence-corrected chi connectivity index (χ0v) is 28.6. The summed E-state index contributed by atoms with van der Waals surface area (Å²) in [6.07, 6.45) is 0. The van der Waals surface area contributed by atoms with Crippen molar-refractivity contribution in [2.24, 2.45) is 0 Å². The smallest absolute Gasteiger partial charge is 0.178 e. The van der Waals surface area contributed by atoms with Crippen LogP contribution in [0.4, 0.5) is 0 Å². The average molecular weight is 675 g/mol. The fourth-order valence-electron chi connectivity index (χ4n) is 8.15. The van der Waals surface area contributed by atoms with Crippen LogP contribution in [0.25, 0.3) is 109 Å². The van der Waals surface area contributed by atoms with E-state index in [9.17, 15) is 5.48 Å². The Balaban J connectivity index is 1.30. The average Bonchev–Trinajstić information content (AvgIpc) is 3.83. The molecule has 0 atom stereocenters. The summed E-state index contributed by atoms with van der Waals surface area (Å²) in [5, 5.41) is 7.75. The first-order valence-corrected chi connectivity index (χ1v) is 17.4. The van der Waals surface area contributed by atoms with Crippen LogP contribution in [0.5, 0.6) is 0 Å². The fourth-order valence-corrected chi connectivity index (χ4v) is 8.15. The summed E-state index contributed by atoms with van der Waals surface area (Å²) in [6, 6.07) is 30.5. The van der Waals surface area contributed by atoms with E-state index in [2.05, 4.69) is 45.0 Å². The van der Waals surface area contributed by atoms with Gasteiger partial charge in [0.05, 0.1) is 11.0 Å². The van der Waals surface area contributed by atoms with Crippen LogP contribution in [0.2, 0.25) is 0 Å². The van der Waals surface area contributed by atoms with Gasteiger partial charge in [0.25, 0.3) is 0 Å². The van der Waals surface area contributed by atoms with Crippen LogP contribution in [0.3, 0.4) is 0 Å². The molecule has 0 amide bonds. The molecule has 52 heavy (non-hydrogen) atoms. The lowest BCUT2D eigenvalue weighted by molar-refractivity contribution is 0.591. The van der Waals surface area contributed by atoms with Gasteiger partial charge in [0.1, 0.15) is 11.2 Å². The molecule has 0 saturated carbocycles. The zero-order chi connectivity index (χ0) is 41.7. The maximum absolute atomic E-state index is 9.54. The summed E-state index contributed by atoms with van der Waals surface area (Å²) in [4.78, 5) is 0. The van der Waals surface area contributed by atoms with Crippen molar-refractivity contribution < 1.29 is 19.8 Å². The van der Waals surface area contributed by atoms with Crippen molar-refractivity contribution in [3.05, 3.63) is 157 Å². The summed E-state index contributed by atoms with van der Waals surface area (Å²) >= 11 is 0. The fraction of sp³-hybridized carbons (Fsp3) is 0.0800. The second-order valence-corrected chi connectivity index (χ2v) is 14.6. The minimum absolute atomic E-state index is 0.0286. The molecule has 2 nitrogen and oxygen atoms in total. The number of hydrogen-bond acceptors (Lipinski definition) is 2. The zero-order valence-electron chi connectivity index (χ0n) is 36.6. The number of benzene rings is 9. The molecular weight excluding hydrogens is 633 g/mol. The van der Waals surface area contributed by atoms with Gasteiger partial charge in [-0.25, -0.2) is 0 Å². The number of rotatable bonds is 2. The largest absolute Gasteiger partial charge is 0.452 e. The number of para-hydroxylation sites is 1.